The Balaban J connectivity index is 1.61. The minimum absolute atomic E-state index is 0.113. The summed E-state index contributed by atoms with van der Waals surface area (Å²) in [5, 5.41) is 6.20. The van der Waals surface area contributed by atoms with Crippen molar-refractivity contribution in [1.82, 2.24) is 15.3 Å². The van der Waals surface area contributed by atoms with Crippen molar-refractivity contribution in [3.63, 3.8) is 0 Å². The molecule has 1 aromatic heterocycles. The summed E-state index contributed by atoms with van der Waals surface area (Å²) in [5.41, 5.74) is 0.392. The number of amides is 1. The second-order valence-electron chi connectivity index (χ2n) is 6.42. The Hall–Kier alpha value is -1.65. The molecule has 21 heavy (non-hydrogen) atoms. The van der Waals surface area contributed by atoms with Crippen molar-refractivity contribution in [2.45, 2.75) is 45.6 Å². The Labute approximate surface area is 125 Å². The van der Waals surface area contributed by atoms with Gasteiger partial charge in [-0.15, -0.1) is 0 Å². The van der Waals surface area contributed by atoms with Gasteiger partial charge in [-0.05, 0) is 50.9 Å². The summed E-state index contributed by atoms with van der Waals surface area (Å²) in [7, 11) is 0. The molecule has 3 rings (SSSR count). The Bertz CT molecular complexity index is 519. The maximum atomic E-state index is 12.3. The van der Waals surface area contributed by atoms with Gasteiger partial charge >= 0.3 is 0 Å². The molecule has 2 fully saturated rings. The van der Waals surface area contributed by atoms with Gasteiger partial charge in [0.25, 0.3) is 5.91 Å². The standard InChI is InChI=1S/C16H24N4O/c1-3-18-15-9-17-8-14(20-15)16(21)19-10(2)13-7-11-4-5-12(13)6-11/h8-13H,3-7H2,1-2H3,(H,18,20)(H,19,21). The van der Waals surface area contributed by atoms with E-state index < -0.39 is 0 Å². The fraction of sp³-hybridized carbons (Fsp3) is 0.688. The molecule has 5 nitrogen and oxygen atoms in total. The Morgan fingerprint density at radius 3 is 2.90 bits per heavy atom. The lowest BCUT2D eigenvalue weighted by molar-refractivity contribution is 0.0910. The predicted octanol–water partition coefficient (Wildman–Crippen LogP) is 2.46. The van der Waals surface area contributed by atoms with E-state index in [2.05, 4.69) is 27.5 Å². The number of aromatic nitrogens is 2. The van der Waals surface area contributed by atoms with Crippen molar-refractivity contribution in [2.75, 3.05) is 11.9 Å². The SMILES string of the molecule is CCNc1cncc(C(=O)NC(C)C2CC3CCC2C3)n1. The van der Waals surface area contributed by atoms with Gasteiger partial charge in [0.05, 0.1) is 12.4 Å². The summed E-state index contributed by atoms with van der Waals surface area (Å²) in [6, 6.07) is 0.220. The lowest BCUT2D eigenvalue weighted by Gasteiger charge is -2.28. The number of carbonyl (C=O) groups is 1. The highest BCUT2D eigenvalue weighted by Gasteiger charge is 2.42. The van der Waals surface area contributed by atoms with Gasteiger partial charge in [0.2, 0.25) is 0 Å². The second kappa shape index (κ2) is 6.00. The fourth-order valence-electron chi connectivity index (χ4n) is 4.04. The van der Waals surface area contributed by atoms with E-state index in [9.17, 15) is 4.79 Å². The van der Waals surface area contributed by atoms with E-state index in [1.54, 1.807) is 6.20 Å². The molecule has 2 saturated carbocycles. The van der Waals surface area contributed by atoms with Crippen molar-refractivity contribution in [3.05, 3.63) is 18.1 Å². The molecule has 4 atom stereocenters. The van der Waals surface area contributed by atoms with Crippen LogP contribution >= 0.6 is 0 Å². The van der Waals surface area contributed by atoms with Crippen LogP contribution in [0.2, 0.25) is 0 Å². The molecule has 0 saturated heterocycles. The molecule has 2 N–H and O–H groups in total. The van der Waals surface area contributed by atoms with Gasteiger partial charge < -0.3 is 10.6 Å². The Morgan fingerprint density at radius 1 is 1.38 bits per heavy atom. The molecule has 2 aliphatic carbocycles. The Kier molecular flexibility index (Phi) is 4.08. The largest absolute Gasteiger partial charge is 0.369 e. The van der Waals surface area contributed by atoms with Gasteiger partial charge in [0.15, 0.2) is 0 Å². The van der Waals surface area contributed by atoms with Crippen LogP contribution in [0.5, 0.6) is 0 Å². The summed E-state index contributed by atoms with van der Waals surface area (Å²) in [4.78, 5) is 20.7. The van der Waals surface area contributed by atoms with Crippen LogP contribution in [0, 0.1) is 17.8 Å². The first kappa shape index (κ1) is 14.3. The van der Waals surface area contributed by atoms with Gasteiger partial charge in [-0.2, -0.15) is 0 Å². The van der Waals surface area contributed by atoms with Crippen LogP contribution in [0.15, 0.2) is 12.4 Å². The lowest BCUT2D eigenvalue weighted by Crippen LogP contribution is -2.40. The number of hydrogen-bond donors (Lipinski definition) is 2. The normalized spacial score (nSPS) is 28.4. The molecule has 1 aromatic rings. The minimum atomic E-state index is -0.113. The van der Waals surface area contributed by atoms with Crippen LogP contribution in [-0.2, 0) is 0 Å². The van der Waals surface area contributed by atoms with Crippen molar-refractivity contribution in [1.29, 1.82) is 0 Å². The summed E-state index contributed by atoms with van der Waals surface area (Å²) in [5.74, 6) is 2.88. The monoisotopic (exact) mass is 288 g/mol. The maximum Gasteiger partial charge on any atom is 0.271 e. The van der Waals surface area contributed by atoms with E-state index in [4.69, 9.17) is 0 Å². The number of nitrogens with zero attached hydrogens (tertiary/aromatic N) is 2. The van der Waals surface area contributed by atoms with Gasteiger partial charge in [0, 0.05) is 12.6 Å². The topological polar surface area (TPSA) is 66.9 Å². The van der Waals surface area contributed by atoms with Crippen LogP contribution in [-0.4, -0.2) is 28.5 Å². The zero-order chi connectivity index (χ0) is 14.8. The third-order valence-corrected chi connectivity index (χ3v) is 5.02. The number of carbonyl (C=O) groups excluding carboxylic acids is 1. The maximum absolute atomic E-state index is 12.3. The molecule has 1 amide bonds. The fourth-order valence-corrected chi connectivity index (χ4v) is 4.04. The number of hydrogen-bond acceptors (Lipinski definition) is 4. The molecule has 0 spiro atoms. The molecule has 114 valence electrons. The molecule has 0 radical (unpaired) electrons. The third-order valence-electron chi connectivity index (χ3n) is 5.02. The zero-order valence-corrected chi connectivity index (χ0v) is 12.8. The molecule has 5 heteroatoms. The van der Waals surface area contributed by atoms with Crippen molar-refractivity contribution in [2.24, 2.45) is 17.8 Å². The molecule has 4 unspecified atom stereocenters. The zero-order valence-electron chi connectivity index (χ0n) is 12.8. The number of fused-ring (bicyclic) bond motifs is 2. The molecule has 0 aromatic carbocycles. The molecule has 2 aliphatic rings. The highest BCUT2D eigenvalue weighted by molar-refractivity contribution is 5.92. The molecular formula is C16H24N4O. The first-order valence-electron chi connectivity index (χ1n) is 8.04. The van der Waals surface area contributed by atoms with Gasteiger partial charge in [-0.3, -0.25) is 9.78 Å². The van der Waals surface area contributed by atoms with E-state index in [1.807, 2.05) is 6.92 Å². The van der Waals surface area contributed by atoms with E-state index in [-0.39, 0.29) is 11.9 Å². The first-order valence-corrected chi connectivity index (χ1v) is 8.04. The van der Waals surface area contributed by atoms with Gasteiger partial charge in [-0.1, -0.05) is 6.42 Å². The van der Waals surface area contributed by atoms with Crippen LogP contribution in [0.1, 0.15) is 50.0 Å². The first-order chi connectivity index (χ1) is 10.2. The minimum Gasteiger partial charge on any atom is -0.369 e. The summed E-state index contributed by atoms with van der Waals surface area (Å²) < 4.78 is 0. The van der Waals surface area contributed by atoms with Crippen molar-refractivity contribution >= 4 is 11.7 Å². The average Bonchev–Trinajstić information content (AvgIpc) is 3.10. The predicted molar refractivity (Wildman–Crippen MR) is 82.1 cm³/mol. The summed E-state index contributed by atoms with van der Waals surface area (Å²) in [6.07, 6.45) is 8.53. The van der Waals surface area contributed by atoms with Crippen LogP contribution in [0.25, 0.3) is 0 Å². The summed E-state index contributed by atoms with van der Waals surface area (Å²) >= 11 is 0. The smallest absolute Gasteiger partial charge is 0.271 e. The van der Waals surface area contributed by atoms with E-state index in [0.717, 1.165) is 18.4 Å². The number of anilines is 1. The molecule has 2 bridgehead atoms. The van der Waals surface area contributed by atoms with Crippen LogP contribution in [0.3, 0.4) is 0 Å². The molecule has 1 heterocycles. The number of rotatable bonds is 5. The van der Waals surface area contributed by atoms with Crippen LogP contribution < -0.4 is 10.6 Å². The van der Waals surface area contributed by atoms with E-state index in [0.29, 0.717) is 17.4 Å². The average molecular weight is 288 g/mol. The van der Waals surface area contributed by atoms with E-state index in [1.165, 1.54) is 31.9 Å². The van der Waals surface area contributed by atoms with Crippen molar-refractivity contribution in [3.8, 4) is 0 Å². The van der Waals surface area contributed by atoms with E-state index >= 15 is 0 Å². The van der Waals surface area contributed by atoms with Crippen molar-refractivity contribution < 1.29 is 4.79 Å². The summed E-state index contributed by atoms with van der Waals surface area (Å²) in [6.45, 7) is 4.89. The molecular weight excluding hydrogens is 264 g/mol. The van der Waals surface area contributed by atoms with Crippen LogP contribution in [0.4, 0.5) is 5.82 Å². The second-order valence-corrected chi connectivity index (χ2v) is 6.42. The quantitative estimate of drug-likeness (QED) is 0.873. The van der Waals surface area contributed by atoms with Gasteiger partial charge in [-0.25, -0.2) is 4.98 Å². The number of nitrogens with one attached hydrogen (secondary N) is 2. The third kappa shape index (κ3) is 3.01. The highest BCUT2D eigenvalue weighted by Crippen LogP contribution is 2.49. The van der Waals surface area contributed by atoms with Gasteiger partial charge in [0.1, 0.15) is 11.5 Å². The Morgan fingerprint density at radius 2 is 2.24 bits per heavy atom. The molecule has 0 aliphatic heterocycles. The highest BCUT2D eigenvalue weighted by atomic mass is 16.1. The lowest BCUT2D eigenvalue weighted by atomic mass is 9.84.